The third kappa shape index (κ3) is 15.5. The molecule has 56 heavy (non-hydrogen) atoms. The Labute approximate surface area is 330 Å². The highest BCUT2D eigenvalue weighted by molar-refractivity contribution is 6.11. The molecule has 0 radical (unpaired) electrons. The summed E-state index contributed by atoms with van der Waals surface area (Å²) in [7, 11) is 1.19. The number of benzene rings is 1. The first-order chi connectivity index (χ1) is 26.2. The van der Waals surface area contributed by atoms with Crippen LogP contribution in [0.25, 0.3) is 0 Å². The number of methoxy groups -OCH3 is 1. The van der Waals surface area contributed by atoms with Gasteiger partial charge in [-0.2, -0.15) is 5.26 Å². The molecule has 0 fully saturated rings. The maximum absolute atomic E-state index is 14.4. The van der Waals surface area contributed by atoms with Gasteiger partial charge in [0.2, 0.25) is 23.3 Å². The van der Waals surface area contributed by atoms with Gasteiger partial charge in [0.25, 0.3) is 5.91 Å². The predicted molar refractivity (Wildman–Crippen MR) is 207 cm³/mol. The Bertz CT molecular complexity index is 1540. The van der Waals surface area contributed by atoms with E-state index in [0.29, 0.717) is 12.0 Å². The van der Waals surface area contributed by atoms with Crippen molar-refractivity contribution in [2.45, 2.75) is 143 Å². The highest BCUT2D eigenvalue weighted by Gasteiger charge is 2.51. The SMILES string of the molecule is CC[C@H](NC(=O)C(CCC#N)(NC(=O)[C@H](CC(C)C)NC(=O)[C@@H](NC(=O)OC(C)(C)C)C(C)C)C(=O)OCc1ccccc1)C(=O)N[C@H](C(=O)OC)[C@@H](C)CC. The molecule has 1 aromatic rings. The van der Waals surface area contributed by atoms with E-state index in [1.165, 1.54) is 7.11 Å². The lowest BCUT2D eigenvalue weighted by molar-refractivity contribution is -0.161. The van der Waals surface area contributed by atoms with Crippen LogP contribution < -0.4 is 26.6 Å². The predicted octanol–water partition coefficient (Wildman–Crippen LogP) is 3.57. The topological polar surface area (TPSA) is 231 Å². The van der Waals surface area contributed by atoms with Crippen LogP contribution >= 0.6 is 0 Å². The number of nitriles is 1. The van der Waals surface area contributed by atoms with Gasteiger partial charge in [0.05, 0.1) is 13.2 Å². The summed E-state index contributed by atoms with van der Waals surface area (Å²) in [6, 6.07) is 5.62. The molecule has 0 heterocycles. The smallest absolute Gasteiger partial charge is 0.408 e. The van der Waals surface area contributed by atoms with E-state index in [1.807, 2.05) is 13.0 Å². The van der Waals surface area contributed by atoms with Crippen LogP contribution in [0.4, 0.5) is 4.79 Å². The Morgan fingerprint density at radius 1 is 0.786 bits per heavy atom. The largest absolute Gasteiger partial charge is 0.467 e. The maximum atomic E-state index is 14.4. The molecule has 0 aliphatic carbocycles. The number of nitrogens with one attached hydrogen (secondary N) is 5. The summed E-state index contributed by atoms with van der Waals surface area (Å²) in [6.07, 6.45) is -1.27. The first-order valence-corrected chi connectivity index (χ1v) is 19.0. The number of ether oxygens (including phenoxy) is 3. The first-order valence-electron chi connectivity index (χ1n) is 19.0. The van der Waals surface area contributed by atoms with Gasteiger partial charge in [-0.25, -0.2) is 14.4 Å². The van der Waals surface area contributed by atoms with Crippen molar-refractivity contribution >= 4 is 41.7 Å². The molecule has 5 N–H and O–H groups in total. The molecule has 0 saturated carbocycles. The molecular formula is C40H62N6O10. The second kappa shape index (κ2) is 23.0. The fraction of sp³-hybridized carbons (Fsp3) is 0.650. The summed E-state index contributed by atoms with van der Waals surface area (Å²) in [5, 5.41) is 22.5. The molecular weight excluding hydrogens is 724 g/mol. The van der Waals surface area contributed by atoms with Crippen molar-refractivity contribution in [3.8, 4) is 6.07 Å². The molecule has 0 saturated heterocycles. The molecule has 0 spiro atoms. The van der Waals surface area contributed by atoms with Gasteiger partial charge in [0.1, 0.15) is 36.4 Å². The third-order valence-corrected chi connectivity index (χ3v) is 8.85. The molecule has 0 bridgehead atoms. The molecule has 1 unspecified atom stereocenters. The van der Waals surface area contributed by atoms with Gasteiger partial charge in [-0.1, -0.05) is 85.2 Å². The molecule has 6 atom stereocenters. The van der Waals surface area contributed by atoms with Crippen LogP contribution in [0.2, 0.25) is 0 Å². The van der Waals surface area contributed by atoms with E-state index < -0.39 is 95.7 Å². The molecule has 5 amide bonds. The van der Waals surface area contributed by atoms with Crippen LogP contribution in [-0.4, -0.2) is 84.1 Å². The van der Waals surface area contributed by atoms with E-state index in [4.69, 9.17) is 14.2 Å². The van der Waals surface area contributed by atoms with Gasteiger partial charge >= 0.3 is 18.0 Å². The average Bonchev–Trinajstić information content (AvgIpc) is 3.13. The number of hydrogen-bond donors (Lipinski definition) is 5. The fourth-order valence-corrected chi connectivity index (χ4v) is 5.48. The van der Waals surface area contributed by atoms with Gasteiger partial charge in [-0.05, 0) is 56.9 Å². The fourth-order valence-electron chi connectivity index (χ4n) is 5.48. The van der Waals surface area contributed by atoms with E-state index in [1.54, 1.807) is 92.6 Å². The second-order valence-electron chi connectivity index (χ2n) is 15.5. The molecule has 0 aromatic heterocycles. The number of rotatable bonds is 21. The van der Waals surface area contributed by atoms with Crippen molar-refractivity contribution in [3.63, 3.8) is 0 Å². The summed E-state index contributed by atoms with van der Waals surface area (Å²) in [5.41, 5.74) is -2.85. The normalized spacial score (nSPS) is 15.0. The van der Waals surface area contributed by atoms with Crippen LogP contribution in [-0.2, 0) is 49.6 Å². The Morgan fingerprint density at radius 3 is 1.91 bits per heavy atom. The molecule has 1 aromatic carbocycles. The van der Waals surface area contributed by atoms with Crippen molar-refractivity contribution in [1.29, 1.82) is 5.26 Å². The Hall–Kier alpha value is -5.20. The summed E-state index contributed by atoms with van der Waals surface area (Å²) >= 11 is 0. The van der Waals surface area contributed by atoms with E-state index >= 15 is 0 Å². The summed E-state index contributed by atoms with van der Waals surface area (Å²) in [6.45, 7) is 16.8. The number of amides is 5. The minimum atomic E-state index is -2.57. The van der Waals surface area contributed by atoms with Gasteiger partial charge in [0, 0.05) is 12.8 Å². The Balaban J connectivity index is 3.69. The van der Waals surface area contributed by atoms with Crippen molar-refractivity contribution in [1.82, 2.24) is 26.6 Å². The number of carbonyl (C=O) groups is 7. The van der Waals surface area contributed by atoms with Gasteiger partial charge in [-0.15, -0.1) is 0 Å². The average molecular weight is 787 g/mol. The van der Waals surface area contributed by atoms with Crippen molar-refractivity contribution < 1.29 is 47.8 Å². The highest BCUT2D eigenvalue weighted by Crippen LogP contribution is 2.21. The standard InChI is InChI=1S/C40H62N6O10/c1-12-26(7)31(35(50)54-11)44-32(47)28(13-2)43-36(51)40(20-17-21-41,37(52)55-23-27-18-15-14-16-19-27)46-33(48)29(22-24(3)4)42-34(49)30(25(5)6)45-38(53)56-39(8,9)10/h14-16,18-19,24-26,28-31H,12-13,17,20,22-23H2,1-11H3,(H,42,49)(H,43,51)(H,44,47)(H,45,53)(H,46,48)/t26-,28-,29-,30-,31-,40?/m0/s1. The van der Waals surface area contributed by atoms with Crippen LogP contribution in [0.1, 0.15) is 107 Å². The lowest BCUT2D eigenvalue weighted by atomic mass is 9.90. The highest BCUT2D eigenvalue weighted by atomic mass is 16.6. The van der Waals surface area contributed by atoms with Crippen LogP contribution in [0, 0.1) is 29.1 Å². The van der Waals surface area contributed by atoms with E-state index in [-0.39, 0.29) is 31.3 Å². The Morgan fingerprint density at radius 2 is 1.41 bits per heavy atom. The van der Waals surface area contributed by atoms with Crippen LogP contribution in [0.5, 0.6) is 0 Å². The van der Waals surface area contributed by atoms with E-state index in [0.717, 1.165) is 0 Å². The van der Waals surface area contributed by atoms with Crippen LogP contribution in [0.15, 0.2) is 30.3 Å². The number of esters is 2. The molecule has 16 nitrogen and oxygen atoms in total. The van der Waals surface area contributed by atoms with Crippen molar-refractivity contribution in [2.24, 2.45) is 17.8 Å². The molecule has 1 rings (SSSR count). The lowest BCUT2D eigenvalue weighted by Crippen LogP contribution is -2.68. The van der Waals surface area contributed by atoms with E-state index in [9.17, 15) is 38.8 Å². The number of carbonyl (C=O) groups excluding carboxylic acids is 7. The second-order valence-corrected chi connectivity index (χ2v) is 15.5. The Kier molecular flexibility index (Phi) is 20.1. The minimum absolute atomic E-state index is 0.000577. The monoisotopic (exact) mass is 786 g/mol. The zero-order chi connectivity index (χ0) is 42.8. The number of hydrogen-bond acceptors (Lipinski definition) is 11. The zero-order valence-corrected chi connectivity index (χ0v) is 34.7. The third-order valence-electron chi connectivity index (χ3n) is 8.85. The first kappa shape index (κ1) is 48.8. The number of nitrogens with zero attached hydrogens (tertiary/aromatic N) is 1. The van der Waals surface area contributed by atoms with Gasteiger partial charge in [-0.3, -0.25) is 19.2 Å². The van der Waals surface area contributed by atoms with Gasteiger partial charge in [0.15, 0.2) is 0 Å². The number of alkyl carbamates (subject to hydrolysis) is 1. The summed E-state index contributed by atoms with van der Waals surface area (Å²) in [5.74, 6) is -6.47. The summed E-state index contributed by atoms with van der Waals surface area (Å²) in [4.78, 5) is 95.3. The summed E-state index contributed by atoms with van der Waals surface area (Å²) < 4.78 is 15.8. The lowest BCUT2D eigenvalue weighted by Gasteiger charge is -2.34. The van der Waals surface area contributed by atoms with E-state index in [2.05, 4.69) is 26.6 Å². The molecule has 312 valence electrons. The zero-order valence-electron chi connectivity index (χ0n) is 34.7. The maximum Gasteiger partial charge on any atom is 0.408 e. The van der Waals surface area contributed by atoms with Crippen LogP contribution in [0.3, 0.4) is 0 Å². The minimum Gasteiger partial charge on any atom is -0.467 e. The van der Waals surface area contributed by atoms with Gasteiger partial charge < -0.3 is 40.8 Å². The van der Waals surface area contributed by atoms with Crippen molar-refractivity contribution in [3.05, 3.63) is 35.9 Å². The van der Waals surface area contributed by atoms with Crippen molar-refractivity contribution in [2.75, 3.05) is 7.11 Å². The molecule has 0 aliphatic rings. The quantitative estimate of drug-likeness (QED) is 0.0687. The molecule has 0 aliphatic heterocycles. The molecule has 16 heteroatoms.